The van der Waals surface area contributed by atoms with Crippen LogP contribution in [-0.4, -0.2) is 48.4 Å². The number of benzene rings is 3. The first kappa shape index (κ1) is 28.1. The van der Waals surface area contributed by atoms with E-state index >= 15 is 0 Å². The highest BCUT2D eigenvalue weighted by Crippen LogP contribution is 2.24. The Morgan fingerprint density at radius 1 is 1.08 bits per heavy atom. The second-order valence-corrected chi connectivity index (χ2v) is 11.3. The summed E-state index contributed by atoms with van der Waals surface area (Å²) in [6.45, 7) is 8.46. The van der Waals surface area contributed by atoms with E-state index in [2.05, 4.69) is 60.6 Å². The average molecular weight is 534 g/mol. The van der Waals surface area contributed by atoms with Crippen LogP contribution in [0.2, 0.25) is 5.02 Å². The van der Waals surface area contributed by atoms with Gasteiger partial charge < -0.3 is 15.5 Å². The van der Waals surface area contributed by atoms with Gasteiger partial charge in [0.2, 0.25) is 5.91 Å². The molecular weight excluding hydrogens is 494 g/mol. The van der Waals surface area contributed by atoms with Gasteiger partial charge in [-0.1, -0.05) is 74.8 Å². The van der Waals surface area contributed by atoms with Gasteiger partial charge in [-0.15, -0.1) is 0 Å². The highest BCUT2D eigenvalue weighted by molar-refractivity contribution is 6.31. The number of fused-ring (bicyclic) bond motifs is 1. The van der Waals surface area contributed by atoms with Gasteiger partial charge in [-0.05, 0) is 72.2 Å². The molecule has 2 N–H and O–H groups in total. The van der Waals surface area contributed by atoms with Crippen molar-refractivity contribution in [2.45, 2.75) is 64.5 Å². The van der Waals surface area contributed by atoms with Gasteiger partial charge in [0.05, 0.1) is 6.04 Å². The lowest BCUT2D eigenvalue weighted by Crippen LogP contribution is -2.49. The molecule has 1 fully saturated rings. The third-order valence-corrected chi connectivity index (χ3v) is 7.84. The first-order valence-corrected chi connectivity index (χ1v) is 14.3. The van der Waals surface area contributed by atoms with Crippen LogP contribution in [0.15, 0.2) is 66.7 Å². The highest BCUT2D eigenvalue weighted by atomic mass is 35.5. The van der Waals surface area contributed by atoms with E-state index in [1.807, 2.05) is 42.5 Å². The minimum atomic E-state index is -0.236. The zero-order chi connectivity index (χ0) is 27.1. The molecule has 3 atom stereocenters. The second kappa shape index (κ2) is 13.3. The summed E-state index contributed by atoms with van der Waals surface area (Å²) in [6.07, 6.45) is 3.56. The molecule has 0 spiro atoms. The molecule has 1 aliphatic heterocycles. The lowest BCUT2D eigenvalue weighted by atomic mass is 9.95. The van der Waals surface area contributed by atoms with Crippen LogP contribution < -0.4 is 10.6 Å². The second-order valence-electron chi connectivity index (χ2n) is 10.9. The predicted molar refractivity (Wildman–Crippen MR) is 157 cm³/mol. The van der Waals surface area contributed by atoms with Crippen molar-refractivity contribution < 1.29 is 9.59 Å². The van der Waals surface area contributed by atoms with Crippen molar-refractivity contribution in [3.8, 4) is 0 Å². The van der Waals surface area contributed by atoms with Gasteiger partial charge in [-0.25, -0.2) is 0 Å². The molecule has 0 radical (unpaired) electrons. The lowest BCUT2D eigenvalue weighted by molar-refractivity contribution is -0.133. The van der Waals surface area contributed by atoms with E-state index in [1.54, 1.807) is 0 Å². The number of amides is 2. The molecule has 0 aromatic heterocycles. The fourth-order valence-electron chi connectivity index (χ4n) is 5.27. The maximum absolute atomic E-state index is 13.7. The molecule has 6 heteroatoms. The zero-order valence-electron chi connectivity index (χ0n) is 22.8. The van der Waals surface area contributed by atoms with E-state index in [1.165, 1.54) is 5.56 Å². The summed E-state index contributed by atoms with van der Waals surface area (Å²) < 4.78 is 0. The van der Waals surface area contributed by atoms with Crippen LogP contribution in [0.4, 0.5) is 0 Å². The van der Waals surface area contributed by atoms with Crippen LogP contribution in [0.1, 0.15) is 68.3 Å². The summed E-state index contributed by atoms with van der Waals surface area (Å²) in [6, 6.07) is 21.6. The first-order chi connectivity index (χ1) is 18.3. The Morgan fingerprint density at radius 2 is 1.82 bits per heavy atom. The van der Waals surface area contributed by atoms with Crippen molar-refractivity contribution >= 4 is 34.2 Å². The fraction of sp³-hybridized carbons (Fsp3) is 0.438. The number of nitrogens with one attached hydrogen (secondary N) is 2. The summed E-state index contributed by atoms with van der Waals surface area (Å²) in [7, 11) is 0. The lowest BCUT2D eigenvalue weighted by Gasteiger charge is -2.29. The maximum atomic E-state index is 13.7. The zero-order valence-corrected chi connectivity index (χ0v) is 23.5. The monoisotopic (exact) mass is 533 g/mol. The van der Waals surface area contributed by atoms with Crippen molar-refractivity contribution in [1.82, 2.24) is 15.5 Å². The van der Waals surface area contributed by atoms with Crippen molar-refractivity contribution in [3.63, 3.8) is 0 Å². The van der Waals surface area contributed by atoms with Crippen molar-refractivity contribution in [2.24, 2.45) is 5.92 Å². The van der Waals surface area contributed by atoms with Gasteiger partial charge in [0.1, 0.15) is 0 Å². The van der Waals surface area contributed by atoms with Crippen molar-refractivity contribution in [1.29, 1.82) is 0 Å². The quantitative estimate of drug-likeness (QED) is 0.316. The van der Waals surface area contributed by atoms with Crippen LogP contribution in [-0.2, 0) is 4.79 Å². The molecule has 1 saturated heterocycles. The third-order valence-electron chi connectivity index (χ3n) is 7.60. The Hall–Kier alpha value is -2.89. The van der Waals surface area contributed by atoms with Gasteiger partial charge in [0, 0.05) is 42.2 Å². The first-order valence-electron chi connectivity index (χ1n) is 13.9. The highest BCUT2D eigenvalue weighted by Gasteiger charge is 2.32. The Balaban J connectivity index is 1.43. The predicted octanol–water partition coefficient (Wildman–Crippen LogP) is 6.41. The van der Waals surface area contributed by atoms with Gasteiger partial charge in [0.15, 0.2) is 0 Å². The molecule has 0 bridgehead atoms. The van der Waals surface area contributed by atoms with E-state index in [9.17, 15) is 9.59 Å². The molecule has 3 aromatic rings. The average Bonchev–Trinajstić information content (AvgIpc) is 3.07. The summed E-state index contributed by atoms with van der Waals surface area (Å²) in [5.74, 6) is 0.909. The molecule has 1 heterocycles. The van der Waals surface area contributed by atoms with Crippen LogP contribution in [0.5, 0.6) is 0 Å². The molecular formula is C32H40ClN3O2. The standard InChI is InChI=1S/C32H40ClN3O2/c1-4-23(24-8-6-5-7-9-24)21-36-17-16-29(35-30(32(36)38)15-10-22(2)3)20-34-31(37)27-12-11-26-19-28(33)14-13-25(26)18-27/h5-9,11-14,18-19,22-23,29-30,35H,4,10,15-17,20-21H2,1-3H3,(H,34,37). The van der Waals surface area contributed by atoms with E-state index < -0.39 is 0 Å². The van der Waals surface area contributed by atoms with Crippen LogP contribution in [0, 0.1) is 5.92 Å². The van der Waals surface area contributed by atoms with Crippen LogP contribution in [0.25, 0.3) is 10.8 Å². The molecule has 3 unspecified atom stereocenters. The molecule has 38 heavy (non-hydrogen) atoms. The summed E-state index contributed by atoms with van der Waals surface area (Å²) >= 11 is 6.10. The SMILES string of the molecule is CCC(CN1CCC(CNC(=O)c2ccc3cc(Cl)ccc3c2)NC(CCC(C)C)C1=O)c1ccccc1. The minimum absolute atomic E-state index is 0.0288. The van der Waals surface area contributed by atoms with Crippen LogP contribution >= 0.6 is 11.6 Å². The number of hydrogen-bond donors (Lipinski definition) is 2. The molecule has 3 aromatic carbocycles. The summed E-state index contributed by atoms with van der Waals surface area (Å²) in [4.78, 5) is 28.7. The molecule has 2 amide bonds. The molecule has 4 rings (SSSR count). The summed E-state index contributed by atoms with van der Waals surface area (Å²) in [5.41, 5.74) is 1.90. The number of carbonyl (C=O) groups is 2. The van der Waals surface area contributed by atoms with Gasteiger partial charge in [-0.3, -0.25) is 9.59 Å². The Morgan fingerprint density at radius 3 is 2.55 bits per heavy atom. The van der Waals surface area contributed by atoms with Gasteiger partial charge >= 0.3 is 0 Å². The number of nitrogens with zero attached hydrogens (tertiary/aromatic N) is 1. The molecule has 1 aliphatic rings. The Kier molecular flexibility index (Phi) is 9.81. The molecule has 0 saturated carbocycles. The summed E-state index contributed by atoms with van der Waals surface area (Å²) in [5, 5.41) is 9.38. The molecule has 5 nitrogen and oxygen atoms in total. The maximum Gasteiger partial charge on any atom is 0.251 e. The number of rotatable bonds is 10. The van der Waals surface area contributed by atoms with Gasteiger partial charge in [-0.2, -0.15) is 0 Å². The smallest absolute Gasteiger partial charge is 0.251 e. The number of carbonyl (C=O) groups excluding carboxylic acids is 2. The van der Waals surface area contributed by atoms with E-state index in [4.69, 9.17) is 11.6 Å². The number of hydrogen-bond acceptors (Lipinski definition) is 3. The third kappa shape index (κ3) is 7.36. The Labute approximate surface area is 231 Å². The normalized spacial score (nSPS) is 19.0. The number of halogens is 1. The van der Waals surface area contributed by atoms with Gasteiger partial charge in [0.25, 0.3) is 5.91 Å². The largest absolute Gasteiger partial charge is 0.350 e. The minimum Gasteiger partial charge on any atom is -0.350 e. The van der Waals surface area contributed by atoms with E-state index in [-0.39, 0.29) is 23.9 Å². The molecule has 202 valence electrons. The van der Waals surface area contributed by atoms with Crippen LogP contribution in [0.3, 0.4) is 0 Å². The topological polar surface area (TPSA) is 61.4 Å². The van der Waals surface area contributed by atoms with E-state index in [0.29, 0.717) is 35.5 Å². The van der Waals surface area contributed by atoms with Crippen molar-refractivity contribution in [2.75, 3.05) is 19.6 Å². The fourth-order valence-corrected chi connectivity index (χ4v) is 5.45. The molecule has 0 aliphatic carbocycles. The Bertz CT molecular complexity index is 1230. The van der Waals surface area contributed by atoms with E-state index in [0.717, 1.165) is 43.0 Å². The van der Waals surface area contributed by atoms with Crippen molar-refractivity contribution in [3.05, 3.63) is 82.9 Å².